The summed E-state index contributed by atoms with van der Waals surface area (Å²) in [5.41, 5.74) is 0.249. The number of methoxy groups -OCH3 is 1. The van der Waals surface area contributed by atoms with Crippen LogP contribution in [0.2, 0.25) is 0 Å². The lowest BCUT2D eigenvalue weighted by Gasteiger charge is -2.21. The second kappa shape index (κ2) is 9.91. The molecule has 0 saturated heterocycles. The van der Waals surface area contributed by atoms with Gasteiger partial charge in [-0.3, -0.25) is 4.99 Å². The summed E-state index contributed by atoms with van der Waals surface area (Å²) >= 11 is 1.49. The lowest BCUT2D eigenvalue weighted by Crippen LogP contribution is -2.31. The molecule has 0 amide bonds. The Bertz CT molecular complexity index is 1260. The van der Waals surface area contributed by atoms with E-state index in [9.17, 15) is 23.1 Å². The van der Waals surface area contributed by atoms with Crippen LogP contribution >= 0.6 is 11.8 Å². The zero-order chi connectivity index (χ0) is 25.2. The van der Waals surface area contributed by atoms with Crippen molar-refractivity contribution >= 4 is 33.5 Å². The van der Waals surface area contributed by atoms with Gasteiger partial charge >= 0.3 is 12.1 Å². The number of thioether (sulfide) groups is 1. The molecule has 0 saturated carbocycles. The summed E-state index contributed by atoms with van der Waals surface area (Å²) in [6.45, 7) is 2.23. The topological polar surface area (TPSA) is 68.1 Å². The van der Waals surface area contributed by atoms with Crippen molar-refractivity contribution in [2.45, 2.75) is 31.2 Å². The smallest absolute Gasteiger partial charge is 0.416 e. The van der Waals surface area contributed by atoms with Crippen LogP contribution in [-0.2, 0) is 22.1 Å². The maximum absolute atomic E-state index is 12.8. The maximum Gasteiger partial charge on any atom is 0.416 e. The molecule has 0 bridgehead atoms. The predicted octanol–water partition coefficient (Wildman–Crippen LogP) is 5.83. The lowest BCUT2D eigenvalue weighted by atomic mass is 9.99. The van der Waals surface area contributed by atoms with Crippen LogP contribution in [0.1, 0.15) is 23.6 Å². The highest BCUT2D eigenvalue weighted by atomic mass is 32.2. The molecule has 1 heterocycles. The SMILES string of the molecule is COC(Cc1ccc(OCC2(C)CSC(c3ccc(C(F)(F)F)cc3)=N2)c2ccccc12)C(=O)O. The molecule has 2 atom stereocenters. The molecule has 1 N–H and O–H groups in total. The zero-order valence-corrected chi connectivity index (χ0v) is 19.9. The summed E-state index contributed by atoms with van der Waals surface area (Å²) in [5.74, 6) is 0.261. The summed E-state index contributed by atoms with van der Waals surface area (Å²) < 4.78 is 49.8. The van der Waals surface area contributed by atoms with Crippen LogP contribution in [0.4, 0.5) is 13.2 Å². The third-order valence-electron chi connectivity index (χ3n) is 5.83. The van der Waals surface area contributed by atoms with Crippen molar-refractivity contribution in [2.75, 3.05) is 19.5 Å². The predicted molar refractivity (Wildman–Crippen MR) is 130 cm³/mol. The Kier molecular flexibility index (Phi) is 7.10. The minimum absolute atomic E-state index is 0.224. The van der Waals surface area contributed by atoms with E-state index in [0.717, 1.165) is 28.5 Å². The first-order valence-electron chi connectivity index (χ1n) is 10.9. The van der Waals surface area contributed by atoms with Crippen LogP contribution in [0.25, 0.3) is 10.8 Å². The summed E-state index contributed by atoms with van der Waals surface area (Å²) in [6, 6.07) is 16.3. The van der Waals surface area contributed by atoms with Crippen molar-refractivity contribution in [3.8, 4) is 5.75 Å². The number of nitrogens with zero attached hydrogens (tertiary/aromatic N) is 1. The maximum atomic E-state index is 12.8. The number of benzene rings is 3. The molecule has 0 aliphatic carbocycles. The van der Waals surface area contributed by atoms with Crippen LogP contribution in [0.5, 0.6) is 5.75 Å². The van der Waals surface area contributed by atoms with Crippen LogP contribution in [-0.4, -0.2) is 47.2 Å². The monoisotopic (exact) mass is 503 g/mol. The van der Waals surface area contributed by atoms with Crippen molar-refractivity contribution in [1.29, 1.82) is 0 Å². The Morgan fingerprint density at radius 1 is 1.11 bits per heavy atom. The normalized spacial score (nSPS) is 18.9. The van der Waals surface area contributed by atoms with Gasteiger partial charge < -0.3 is 14.6 Å². The number of halogens is 3. The Labute approximate surface area is 205 Å². The molecule has 3 aromatic carbocycles. The van der Waals surface area contributed by atoms with E-state index in [-0.39, 0.29) is 13.0 Å². The molecule has 35 heavy (non-hydrogen) atoms. The number of rotatable bonds is 8. The molecule has 0 aromatic heterocycles. The van der Waals surface area contributed by atoms with Gasteiger partial charge in [-0.1, -0.05) is 42.5 Å². The number of carboxylic acid groups (broad SMARTS) is 1. The number of alkyl halides is 3. The number of fused-ring (bicyclic) bond motifs is 1. The van der Waals surface area contributed by atoms with Gasteiger partial charge in [-0.25, -0.2) is 4.79 Å². The van der Waals surface area contributed by atoms with Gasteiger partial charge in [0.1, 0.15) is 17.9 Å². The van der Waals surface area contributed by atoms with E-state index in [4.69, 9.17) is 14.5 Å². The fourth-order valence-corrected chi connectivity index (χ4v) is 5.08. The molecule has 0 fully saturated rings. The molecule has 0 spiro atoms. The first kappa shape index (κ1) is 25.1. The van der Waals surface area contributed by atoms with E-state index in [0.29, 0.717) is 22.1 Å². The average molecular weight is 504 g/mol. The van der Waals surface area contributed by atoms with Gasteiger partial charge in [0.2, 0.25) is 0 Å². The summed E-state index contributed by atoms with van der Waals surface area (Å²) in [6.07, 6.45) is -5.10. The Balaban J connectivity index is 1.52. The van der Waals surface area contributed by atoms with Crippen LogP contribution in [0, 0.1) is 0 Å². The van der Waals surface area contributed by atoms with Gasteiger partial charge in [0, 0.05) is 30.2 Å². The van der Waals surface area contributed by atoms with E-state index in [1.807, 2.05) is 43.3 Å². The van der Waals surface area contributed by atoms with Crippen LogP contribution in [0.15, 0.2) is 65.7 Å². The van der Waals surface area contributed by atoms with Crippen molar-refractivity contribution < 1.29 is 32.5 Å². The third-order valence-corrected chi connectivity index (χ3v) is 7.20. The molecule has 1 aliphatic heterocycles. The number of carboxylic acids is 1. The summed E-state index contributed by atoms with van der Waals surface area (Å²) in [5, 5.41) is 11.8. The van der Waals surface area contributed by atoms with Crippen LogP contribution in [0.3, 0.4) is 0 Å². The fraction of sp³-hybridized carbons (Fsp3) is 0.308. The zero-order valence-electron chi connectivity index (χ0n) is 19.1. The Hall–Kier alpha value is -3.04. The number of aliphatic carboxylic acids is 1. The van der Waals surface area contributed by atoms with E-state index in [1.54, 1.807) is 0 Å². The number of ether oxygens (including phenoxy) is 2. The largest absolute Gasteiger partial charge is 0.490 e. The second-order valence-electron chi connectivity index (χ2n) is 8.60. The van der Waals surface area contributed by atoms with E-state index in [1.165, 1.54) is 31.0 Å². The standard InChI is InChI=1S/C26H24F3NO4S/c1-25(15-35-23(30-25)16-7-10-18(11-8-16)26(27,28)29)14-34-21-12-9-17(13-22(33-2)24(31)32)19-5-3-4-6-20(19)21/h3-12,22H,13-15H2,1-2H3,(H,31,32). The highest BCUT2D eigenvalue weighted by Crippen LogP contribution is 2.35. The van der Waals surface area contributed by atoms with E-state index < -0.39 is 29.4 Å². The third kappa shape index (κ3) is 5.62. The number of aliphatic imine (C=N–C) groups is 1. The van der Waals surface area contributed by atoms with E-state index >= 15 is 0 Å². The molecule has 0 radical (unpaired) electrons. The van der Waals surface area contributed by atoms with Crippen molar-refractivity contribution in [1.82, 2.24) is 0 Å². The quantitative estimate of drug-likeness (QED) is 0.419. The number of hydrogen-bond acceptors (Lipinski definition) is 5. The number of carbonyl (C=O) groups is 1. The minimum Gasteiger partial charge on any atom is -0.490 e. The average Bonchev–Trinajstić information content (AvgIpc) is 3.23. The second-order valence-corrected chi connectivity index (χ2v) is 9.57. The van der Waals surface area contributed by atoms with Gasteiger partial charge in [0.05, 0.1) is 10.6 Å². The molecular formula is C26H24F3NO4S. The van der Waals surface area contributed by atoms with Crippen molar-refractivity contribution in [2.24, 2.45) is 4.99 Å². The Morgan fingerprint density at radius 2 is 1.80 bits per heavy atom. The van der Waals surface area contributed by atoms with Crippen molar-refractivity contribution in [3.05, 3.63) is 77.4 Å². The highest BCUT2D eigenvalue weighted by Gasteiger charge is 2.34. The van der Waals surface area contributed by atoms with E-state index in [2.05, 4.69) is 0 Å². The summed E-state index contributed by atoms with van der Waals surface area (Å²) in [7, 11) is 1.37. The van der Waals surface area contributed by atoms with Gasteiger partial charge in [0.25, 0.3) is 0 Å². The molecule has 9 heteroatoms. The molecular weight excluding hydrogens is 479 g/mol. The van der Waals surface area contributed by atoms with Gasteiger partial charge in [-0.2, -0.15) is 13.2 Å². The van der Waals surface area contributed by atoms with Crippen molar-refractivity contribution in [3.63, 3.8) is 0 Å². The molecule has 5 nitrogen and oxygen atoms in total. The first-order chi connectivity index (χ1) is 16.6. The molecule has 1 aliphatic rings. The minimum atomic E-state index is -4.37. The lowest BCUT2D eigenvalue weighted by molar-refractivity contribution is -0.148. The highest BCUT2D eigenvalue weighted by molar-refractivity contribution is 8.14. The van der Waals surface area contributed by atoms with Gasteiger partial charge in [-0.15, -0.1) is 11.8 Å². The Morgan fingerprint density at radius 3 is 2.43 bits per heavy atom. The molecule has 2 unspecified atom stereocenters. The molecule has 4 rings (SSSR count). The number of hydrogen-bond donors (Lipinski definition) is 1. The van der Waals surface area contributed by atoms with Crippen LogP contribution < -0.4 is 4.74 Å². The summed E-state index contributed by atoms with van der Waals surface area (Å²) in [4.78, 5) is 16.2. The molecule has 184 valence electrons. The molecule has 3 aromatic rings. The van der Waals surface area contributed by atoms with Gasteiger partial charge in [0.15, 0.2) is 6.10 Å². The fourth-order valence-electron chi connectivity index (χ4n) is 3.90. The van der Waals surface area contributed by atoms with Gasteiger partial charge in [-0.05, 0) is 36.1 Å². The first-order valence-corrected chi connectivity index (χ1v) is 11.9.